The van der Waals surface area contributed by atoms with Gasteiger partial charge in [0.05, 0.1) is 6.61 Å². The molecule has 0 radical (unpaired) electrons. The number of carboxylic acids is 1. The second-order valence-electron chi connectivity index (χ2n) is 5.38. The van der Waals surface area contributed by atoms with E-state index in [1.807, 2.05) is 19.2 Å². The van der Waals surface area contributed by atoms with Crippen molar-refractivity contribution in [3.05, 3.63) is 23.3 Å². The summed E-state index contributed by atoms with van der Waals surface area (Å²) in [7, 11) is 2.04. The molecule has 0 spiro atoms. The summed E-state index contributed by atoms with van der Waals surface area (Å²) in [6.07, 6.45) is 2.35. The van der Waals surface area contributed by atoms with Crippen LogP contribution < -0.4 is 15.4 Å². The highest BCUT2D eigenvalue weighted by Gasteiger charge is 2.42. The number of hydrogen-bond acceptors (Lipinski definition) is 4. The fourth-order valence-corrected chi connectivity index (χ4v) is 2.94. The van der Waals surface area contributed by atoms with Crippen molar-refractivity contribution in [3.8, 4) is 5.75 Å². The van der Waals surface area contributed by atoms with Crippen LogP contribution in [0.2, 0.25) is 0 Å². The lowest BCUT2D eigenvalue weighted by Crippen LogP contribution is -2.48. The largest absolute Gasteiger partial charge is 0.493 e. The van der Waals surface area contributed by atoms with E-state index in [0.29, 0.717) is 24.3 Å². The minimum Gasteiger partial charge on any atom is -0.493 e. The quantitative estimate of drug-likeness (QED) is 0.792. The molecule has 1 aromatic carbocycles. The molecule has 0 bridgehead atoms. The second kappa shape index (κ2) is 4.13. The molecule has 2 aliphatic rings. The van der Waals surface area contributed by atoms with E-state index in [0.717, 1.165) is 30.6 Å². The molecule has 3 N–H and O–H groups in total. The fourth-order valence-electron chi connectivity index (χ4n) is 2.94. The maximum absolute atomic E-state index is 11.5. The van der Waals surface area contributed by atoms with Crippen molar-refractivity contribution in [2.45, 2.75) is 24.8 Å². The number of aryl methyl sites for hydroxylation is 1. The van der Waals surface area contributed by atoms with Crippen LogP contribution >= 0.6 is 0 Å². The van der Waals surface area contributed by atoms with E-state index in [2.05, 4.69) is 4.90 Å². The van der Waals surface area contributed by atoms with Gasteiger partial charge in [-0.05, 0) is 24.5 Å². The third-order valence-corrected chi connectivity index (χ3v) is 4.15. The van der Waals surface area contributed by atoms with Gasteiger partial charge in [0.25, 0.3) is 0 Å². The van der Waals surface area contributed by atoms with E-state index in [-0.39, 0.29) is 0 Å². The van der Waals surface area contributed by atoms with Gasteiger partial charge >= 0.3 is 5.97 Å². The Morgan fingerprint density at radius 1 is 1.53 bits per heavy atom. The molecule has 1 aromatic rings. The molecule has 0 aromatic heterocycles. The van der Waals surface area contributed by atoms with Crippen LogP contribution in [0.1, 0.15) is 24.0 Å². The van der Waals surface area contributed by atoms with Crippen molar-refractivity contribution in [1.29, 1.82) is 0 Å². The first-order valence-electron chi connectivity index (χ1n) is 6.56. The van der Waals surface area contributed by atoms with Crippen molar-refractivity contribution >= 4 is 11.7 Å². The first-order valence-corrected chi connectivity index (χ1v) is 6.56. The summed E-state index contributed by atoms with van der Waals surface area (Å²) in [6, 6.07) is 3.86. The number of fused-ring (bicyclic) bond motifs is 2. The highest BCUT2D eigenvalue weighted by atomic mass is 16.5. The summed E-state index contributed by atoms with van der Waals surface area (Å²) in [6.45, 7) is 1.36. The predicted octanol–water partition coefficient (Wildman–Crippen LogP) is 1.09. The lowest BCUT2D eigenvalue weighted by atomic mass is 9.83. The van der Waals surface area contributed by atoms with Crippen LogP contribution in [-0.2, 0) is 16.8 Å². The molecule has 0 saturated heterocycles. The summed E-state index contributed by atoms with van der Waals surface area (Å²) in [5.41, 5.74) is 7.66. The van der Waals surface area contributed by atoms with Crippen LogP contribution in [0.25, 0.3) is 0 Å². The SMILES string of the molecule is CN1CCCc2cc3c(cc21)OCCC3(N)C(=O)O. The lowest BCUT2D eigenvalue weighted by Gasteiger charge is -2.35. The van der Waals surface area contributed by atoms with Gasteiger partial charge in [-0.25, -0.2) is 4.79 Å². The molecule has 102 valence electrons. The number of hydrogen-bond donors (Lipinski definition) is 2. The van der Waals surface area contributed by atoms with Gasteiger partial charge in [-0.15, -0.1) is 0 Å². The zero-order chi connectivity index (χ0) is 13.6. The normalized spacial score (nSPS) is 25.3. The van der Waals surface area contributed by atoms with Crippen LogP contribution in [0, 0.1) is 0 Å². The van der Waals surface area contributed by atoms with E-state index in [1.54, 1.807) is 0 Å². The number of nitrogens with zero attached hydrogens (tertiary/aromatic N) is 1. The lowest BCUT2D eigenvalue weighted by molar-refractivity contribution is -0.144. The smallest absolute Gasteiger partial charge is 0.328 e. The van der Waals surface area contributed by atoms with E-state index >= 15 is 0 Å². The van der Waals surface area contributed by atoms with Crippen molar-refractivity contribution < 1.29 is 14.6 Å². The Kier molecular flexibility index (Phi) is 2.67. The van der Waals surface area contributed by atoms with Crippen molar-refractivity contribution in [2.24, 2.45) is 5.73 Å². The topological polar surface area (TPSA) is 75.8 Å². The van der Waals surface area contributed by atoms with Crippen molar-refractivity contribution in [1.82, 2.24) is 0 Å². The third kappa shape index (κ3) is 1.76. The highest BCUT2D eigenvalue weighted by molar-refractivity contribution is 5.83. The van der Waals surface area contributed by atoms with E-state index in [9.17, 15) is 9.90 Å². The van der Waals surface area contributed by atoms with Crippen LogP contribution in [0.4, 0.5) is 5.69 Å². The summed E-state index contributed by atoms with van der Waals surface area (Å²) in [5.74, 6) is -0.371. The number of ether oxygens (including phenoxy) is 1. The van der Waals surface area contributed by atoms with Crippen LogP contribution in [0.15, 0.2) is 12.1 Å². The molecule has 0 amide bonds. The van der Waals surface area contributed by atoms with Gasteiger partial charge in [0.15, 0.2) is 0 Å². The van der Waals surface area contributed by atoms with Crippen LogP contribution in [0.3, 0.4) is 0 Å². The number of anilines is 1. The molecule has 1 atom stereocenters. The minimum absolute atomic E-state index is 0.309. The molecule has 5 nitrogen and oxygen atoms in total. The van der Waals surface area contributed by atoms with Crippen LogP contribution in [0.5, 0.6) is 5.75 Å². The number of benzene rings is 1. The zero-order valence-corrected chi connectivity index (χ0v) is 11.0. The summed E-state index contributed by atoms with van der Waals surface area (Å²) in [4.78, 5) is 13.7. The Bertz CT molecular complexity index is 544. The maximum Gasteiger partial charge on any atom is 0.328 e. The molecule has 0 saturated carbocycles. The highest BCUT2D eigenvalue weighted by Crippen LogP contribution is 2.41. The molecule has 1 unspecified atom stereocenters. The maximum atomic E-state index is 11.5. The van der Waals surface area contributed by atoms with E-state index in [1.165, 1.54) is 0 Å². The number of nitrogens with two attached hydrogens (primary N) is 1. The molecule has 19 heavy (non-hydrogen) atoms. The van der Waals surface area contributed by atoms with Gasteiger partial charge in [0.1, 0.15) is 11.3 Å². The van der Waals surface area contributed by atoms with E-state index in [4.69, 9.17) is 10.5 Å². The Morgan fingerprint density at radius 2 is 2.32 bits per heavy atom. The Labute approximate surface area is 112 Å². The third-order valence-electron chi connectivity index (χ3n) is 4.15. The van der Waals surface area contributed by atoms with Crippen LogP contribution in [-0.4, -0.2) is 31.3 Å². The molecule has 3 rings (SSSR count). The number of carbonyl (C=O) groups is 1. The van der Waals surface area contributed by atoms with Gasteiger partial charge < -0.3 is 20.5 Å². The van der Waals surface area contributed by atoms with Crippen molar-refractivity contribution in [2.75, 3.05) is 25.1 Å². The Morgan fingerprint density at radius 3 is 3.05 bits per heavy atom. The van der Waals surface area contributed by atoms with Gasteiger partial charge in [0, 0.05) is 37.3 Å². The first kappa shape index (κ1) is 12.3. The number of rotatable bonds is 1. The molecule has 2 heterocycles. The first-order chi connectivity index (χ1) is 9.02. The second-order valence-corrected chi connectivity index (χ2v) is 5.38. The number of carboxylic acid groups (broad SMARTS) is 1. The summed E-state index contributed by atoms with van der Waals surface area (Å²) < 4.78 is 5.61. The molecule has 5 heteroatoms. The number of aliphatic carboxylic acids is 1. The van der Waals surface area contributed by atoms with Gasteiger partial charge in [-0.3, -0.25) is 0 Å². The Balaban J connectivity index is 2.16. The van der Waals surface area contributed by atoms with Gasteiger partial charge in [-0.1, -0.05) is 0 Å². The monoisotopic (exact) mass is 262 g/mol. The molecular weight excluding hydrogens is 244 g/mol. The molecular formula is C14H18N2O3. The summed E-state index contributed by atoms with van der Waals surface area (Å²) in [5, 5.41) is 9.41. The fraction of sp³-hybridized carbons (Fsp3) is 0.500. The predicted molar refractivity (Wildman–Crippen MR) is 71.6 cm³/mol. The summed E-state index contributed by atoms with van der Waals surface area (Å²) >= 11 is 0. The van der Waals surface area contributed by atoms with Gasteiger partial charge in [0.2, 0.25) is 0 Å². The average molecular weight is 262 g/mol. The average Bonchev–Trinajstić information content (AvgIpc) is 2.38. The zero-order valence-electron chi connectivity index (χ0n) is 11.0. The standard InChI is InChI=1S/C14H18N2O3/c1-16-5-2-3-9-7-10-12(8-11(9)16)19-6-4-14(10,15)13(17)18/h7-8H,2-6,15H2,1H3,(H,17,18). The Hall–Kier alpha value is -1.75. The van der Waals surface area contributed by atoms with Crippen molar-refractivity contribution in [3.63, 3.8) is 0 Å². The molecule has 2 aliphatic heterocycles. The molecule has 0 aliphatic carbocycles. The minimum atomic E-state index is -1.32. The van der Waals surface area contributed by atoms with Gasteiger partial charge in [-0.2, -0.15) is 0 Å². The molecule has 0 fully saturated rings. The van der Waals surface area contributed by atoms with E-state index < -0.39 is 11.5 Å².